The van der Waals surface area contributed by atoms with E-state index in [4.69, 9.17) is 16.0 Å². The number of amides is 1. The fourth-order valence-electron chi connectivity index (χ4n) is 1.96. The number of halogens is 1. The van der Waals surface area contributed by atoms with Gasteiger partial charge in [0.15, 0.2) is 0 Å². The Morgan fingerprint density at radius 2 is 2.20 bits per heavy atom. The van der Waals surface area contributed by atoms with Crippen molar-refractivity contribution in [1.82, 2.24) is 0 Å². The molecule has 2 rings (SSSR count). The second-order valence-electron chi connectivity index (χ2n) is 4.70. The molecule has 0 aliphatic carbocycles. The SMILES string of the molecule is CC(=O)Nc1ccc(NC(C)Cc2ccco2)cc1Cl. The van der Waals surface area contributed by atoms with Gasteiger partial charge in [-0.25, -0.2) is 0 Å². The average Bonchev–Trinajstić information content (AvgIpc) is 2.85. The average molecular weight is 293 g/mol. The molecule has 20 heavy (non-hydrogen) atoms. The van der Waals surface area contributed by atoms with E-state index in [-0.39, 0.29) is 11.9 Å². The standard InChI is InChI=1S/C15H17ClN2O2/c1-10(8-13-4-3-7-20-13)17-12-5-6-15(14(16)9-12)18-11(2)19/h3-7,9-10,17H,8H2,1-2H3,(H,18,19). The van der Waals surface area contributed by atoms with Crippen molar-refractivity contribution in [1.29, 1.82) is 0 Å². The van der Waals surface area contributed by atoms with Crippen molar-refractivity contribution in [2.45, 2.75) is 26.3 Å². The van der Waals surface area contributed by atoms with Gasteiger partial charge in [-0.3, -0.25) is 4.79 Å². The molecule has 1 atom stereocenters. The lowest BCUT2D eigenvalue weighted by Crippen LogP contribution is -2.17. The highest BCUT2D eigenvalue weighted by Crippen LogP contribution is 2.26. The quantitative estimate of drug-likeness (QED) is 0.878. The second kappa shape index (κ2) is 6.48. The highest BCUT2D eigenvalue weighted by Gasteiger charge is 2.08. The van der Waals surface area contributed by atoms with Crippen LogP contribution in [-0.4, -0.2) is 11.9 Å². The maximum Gasteiger partial charge on any atom is 0.221 e. The zero-order chi connectivity index (χ0) is 14.5. The molecule has 0 saturated carbocycles. The van der Waals surface area contributed by atoms with Crippen LogP contribution in [0.2, 0.25) is 5.02 Å². The van der Waals surface area contributed by atoms with Crippen LogP contribution < -0.4 is 10.6 Å². The minimum Gasteiger partial charge on any atom is -0.469 e. The third-order valence-corrected chi connectivity index (χ3v) is 3.09. The Morgan fingerprint density at radius 3 is 2.80 bits per heavy atom. The lowest BCUT2D eigenvalue weighted by molar-refractivity contribution is -0.114. The molecule has 5 heteroatoms. The molecule has 1 unspecified atom stereocenters. The Balaban J connectivity index is 1.99. The summed E-state index contributed by atoms with van der Waals surface area (Å²) < 4.78 is 5.31. The summed E-state index contributed by atoms with van der Waals surface area (Å²) in [5, 5.41) is 6.53. The predicted molar refractivity (Wildman–Crippen MR) is 81.3 cm³/mol. The molecule has 0 bridgehead atoms. The van der Waals surface area contributed by atoms with Crippen molar-refractivity contribution in [2.24, 2.45) is 0 Å². The molecule has 2 N–H and O–H groups in total. The molecule has 106 valence electrons. The van der Waals surface area contributed by atoms with Crippen LogP contribution in [0.3, 0.4) is 0 Å². The van der Waals surface area contributed by atoms with Gasteiger partial charge in [-0.1, -0.05) is 11.6 Å². The Labute approximate surface area is 123 Å². The van der Waals surface area contributed by atoms with Crippen LogP contribution in [0, 0.1) is 0 Å². The maximum absolute atomic E-state index is 11.0. The monoisotopic (exact) mass is 292 g/mol. The maximum atomic E-state index is 11.0. The van der Waals surface area contributed by atoms with E-state index in [9.17, 15) is 4.79 Å². The number of benzene rings is 1. The zero-order valence-electron chi connectivity index (χ0n) is 11.4. The van der Waals surface area contributed by atoms with Gasteiger partial charge in [0, 0.05) is 25.1 Å². The third kappa shape index (κ3) is 4.03. The summed E-state index contributed by atoms with van der Waals surface area (Å²) in [6.45, 7) is 3.52. The number of hydrogen-bond donors (Lipinski definition) is 2. The van der Waals surface area contributed by atoms with E-state index < -0.39 is 0 Å². The molecule has 0 radical (unpaired) electrons. The number of carbonyl (C=O) groups excluding carboxylic acids is 1. The van der Waals surface area contributed by atoms with E-state index in [2.05, 4.69) is 17.6 Å². The highest BCUT2D eigenvalue weighted by atomic mass is 35.5. The first kappa shape index (κ1) is 14.5. The van der Waals surface area contributed by atoms with Crippen LogP contribution in [0.5, 0.6) is 0 Å². The van der Waals surface area contributed by atoms with Crippen LogP contribution >= 0.6 is 11.6 Å². The van der Waals surface area contributed by atoms with Crippen LogP contribution in [0.15, 0.2) is 41.0 Å². The molecule has 1 aromatic carbocycles. The number of carbonyl (C=O) groups is 1. The third-order valence-electron chi connectivity index (χ3n) is 2.78. The Morgan fingerprint density at radius 1 is 1.40 bits per heavy atom. The molecule has 0 fully saturated rings. The van der Waals surface area contributed by atoms with E-state index in [0.29, 0.717) is 10.7 Å². The molecule has 0 aliphatic rings. The first-order chi connectivity index (χ1) is 9.54. The summed E-state index contributed by atoms with van der Waals surface area (Å²) in [5.41, 5.74) is 1.52. The van der Waals surface area contributed by atoms with Crippen molar-refractivity contribution in [3.63, 3.8) is 0 Å². The number of anilines is 2. The molecule has 2 aromatic rings. The first-order valence-electron chi connectivity index (χ1n) is 6.40. The minimum absolute atomic E-state index is 0.140. The van der Waals surface area contributed by atoms with Gasteiger partial charge in [-0.05, 0) is 37.3 Å². The van der Waals surface area contributed by atoms with Gasteiger partial charge in [0.05, 0.1) is 17.0 Å². The predicted octanol–water partition coefficient (Wildman–Crippen LogP) is 3.93. The van der Waals surface area contributed by atoms with Gasteiger partial charge in [-0.2, -0.15) is 0 Å². The van der Waals surface area contributed by atoms with Crippen molar-refractivity contribution >= 4 is 28.9 Å². The number of nitrogens with one attached hydrogen (secondary N) is 2. The Kier molecular flexibility index (Phi) is 4.69. The van der Waals surface area contributed by atoms with Crippen molar-refractivity contribution < 1.29 is 9.21 Å². The van der Waals surface area contributed by atoms with Gasteiger partial charge in [-0.15, -0.1) is 0 Å². The summed E-state index contributed by atoms with van der Waals surface area (Å²) in [4.78, 5) is 11.0. The summed E-state index contributed by atoms with van der Waals surface area (Å²) in [6, 6.07) is 9.50. The zero-order valence-corrected chi connectivity index (χ0v) is 12.2. The van der Waals surface area contributed by atoms with Crippen molar-refractivity contribution in [3.05, 3.63) is 47.4 Å². The first-order valence-corrected chi connectivity index (χ1v) is 6.78. The van der Waals surface area contributed by atoms with E-state index in [1.54, 1.807) is 18.4 Å². The van der Waals surface area contributed by atoms with Crippen molar-refractivity contribution in [3.8, 4) is 0 Å². The topological polar surface area (TPSA) is 54.3 Å². The smallest absolute Gasteiger partial charge is 0.221 e. The van der Waals surface area contributed by atoms with Gasteiger partial charge < -0.3 is 15.1 Å². The van der Waals surface area contributed by atoms with Gasteiger partial charge in [0.2, 0.25) is 5.91 Å². The Hall–Kier alpha value is -1.94. The molecule has 0 aliphatic heterocycles. The van der Waals surface area contributed by atoms with E-state index in [1.165, 1.54) is 6.92 Å². The van der Waals surface area contributed by atoms with Crippen LogP contribution in [0.1, 0.15) is 19.6 Å². The van der Waals surface area contributed by atoms with Crippen molar-refractivity contribution in [2.75, 3.05) is 10.6 Å². The van der Waals surface area contributed by atoms with Crippen LogP contribution in [0.25, 0.3) is 0 Å². The summed E-state index contributed by atoms with van der Waals surface area (Å²) >= 11 is 6.13. The van der Waals surface area contributed by atoms with Crippen LogP contribution in [0.4, 0.5) is 11.4 Å². The van der Waals surface area contributed by atoms with E-state index in [0.717, 1.165) is 17.9 Å². The molecule has 1 aromatic heterocycles. The van der Waals surface area contributed by atoms with E-state index in [1.807, 2.05) is 18.2 Å². The molecule has 4 nitrogen and oxygen atoms in total. The number of rotatable bonds is 5. The largest absolute Gasteiger partial charge is 0.469 e. The van der Waals surface area contributed by atoms with Gasteiger partial charge in [0.1, 0.15) is 5.76 Å². The molecule has 0 spiro atoms. The summed E-state index contributed by atoms with van der Waals surface area (Å²) in [7, 11) is 0. The second-order valence-corrected chi connectivity index (χ2v) is 5.11. The molecular weight excluding hydrogens is 276 g/mol. The molecule has 1 amide bonds. The highest BCUT2D eigenvalue weighted by molar-refractivity contribution is 6.34. The van der Waals surface area contributed by atoms with E-state index >= 15 is 0 Å². The molecular formula is C15H17ClN2O2. The number of furan rings is 1. The van der Waals surface area contributed by atoms with Gasteiger partial charge in [0.25, 0.3) is 0 Å². The van der Waals surface area contributed by atoms with Crippen LogP contribution in [-0.2, 0) is 11.2 Å². The molecule has 0 saturated heterocycles. The fraction of sp³-hybridized carbons (Fsp3) is 0.267. The number of hydrogen-bond acceptors (Lipinski definition) is 3. The minimum atomic E-state index is -0.140. The normalized spacial score (nSPS) is 11.9. The summed E-state index contributed by atoms with van der Waals surface area (Å²) in [5.74, 6) is 0.796. The fourth-order valence-corrected chi connectivity index (χ4v) is 2.19. The summed E-state index contributed by atoms with van der Waals surface area (Å²) in [6.07, 6.45) is 2.46. The molecule has 1 heterocycles. The van der Waals surface area contributed by atoms with Gasteiger partial charge >= 0.3 is 0 Å². The Bertz CT molecular complexity index is 582. The lowest BCUT2D eigenvalue weighted by atomic mass is 10.2. The lowest BCUT2D eigenvalue weighted by Gasteiger charge is -2.15.